The lowest BCUT2D eigenvalue weighted by molar-refractivity contribution is -0.124. The number of nitrogens with zero attached hydrogens (tertiary/aromatic N) is 1. The van der Waals surface area contributed by atoms with Gasteiger partial charge in [-0.2, -0.15) is 0 Å². The quantitative estimate of drug-likeness (QED) is 0.709. The largest absolute Gasteiger partial charge is 0.449 e. The molecule has 4 nitrogen and oxygen atoms in total. The third-order valence-corrected chi connectivity index (χ3v) is 2.82. The molecule has 0 radical (unpaired) electrons. The third-order valence-electron chi connectivity index (χ3n) is 2.82. The van der Waals surface area contributed by atoms with Crippen LogP contribution in [-0.2, 0) is 9.53 Å². The Morgan fingerprint density at radius 3 is 2.47 bits per heavy atom. The zero-order chi connectivity index (χ0) is 13.3. The lowest BCUT2D eigenvalue weighted by atomic mass is 9.90. The molecule has 0 aromatic carbocycles. The molecule has 0 atom stereocenters. The van der Waals surface area contributed by atoms with Crippen LogP contribution in [0.1, 0.15) is 47.5 Å². The van der Waals surface area contributed by atoms with E-state index in [0.717, 1.165) is 0 Å². The summed E-state index contributed by atoms with van der Waals surface area (Å²) in [4.78, 5) is 25.0. The zero-order valence-electron chi connectivity index (χ0n) is 11.5. The minimum absolute atomic E-state index is 0.0363. The van der Waals surface area contributed by atoms with Crippen LogP contribution in [0.3, 0.4) is 0 Å². The van der Waals surface area contributed by atoms with Crippen LogP contribution in [0.2, 0.25) is 0 Å². The van der Waals surface area contributed by atoms with E-state index in [0.29, 0.717) is 26.0 Å². The molecule has 0 bridgehead atoms. The van der Waals surface area contributed by atoms with Crippen molar-refractivity contribution in [3.8, 4) is 0 Å². The summed E-state index contributed by atoms with van der Waals surface area (Å²) in [6.45, 7) is 10.7. The van der Waals surface area contributed by atoms with E-state index in [1.165, 1.54) is 0 Å². The standard InChI is InChI=1S/C13H23NO3/c1-12(2,3)9-17-11(16)14-7-6-10(15)8-13(14,4)5/h6-9H2,1-5H3. The average Bonchev–Trinajstić information content (AvgIpc) is 2.11. The number of likely N-dealkylation sites (tertiary alicyclic amines) is 1. The molecule has 4 heteroatoms. The number of hydrogen-bond acceptors (Lipinski definition) is 3. The van der Waals surface area contributed by atoms with Crippen LogP contribution in [0.25, 0.3) is 0 Å². The molecule has 1 fully saturated rings. The summed E-state index contributed by atoms with van der Waals surface area (Å²) >= 11 is 0. The maximum absolute atomic E-state index is 12.0. The van der Waals surface area contributed by atoms with Crippen LogP contribution in [0.4, 0.5) is 4.79 Å². The summed E-state index contributed by atoms with van der Waals surface area (Å²) in [7, 11) is 0. The molecule has 0 N–H and O–H groups in total. The number of Topliss-reactive ketones (excluding diaryl/α,β-unsaturated/α-hetero) is 1. The second-order valence-electron chi connectivity index (χ2n) is 6.54. The Balaban J connectivity index is 2.60. The molecule has 1 aliphatic rings. The summed E-state index contributed by atoms with van der Waals surface area (Å²) in [5.74, 6) is 0.217. The Kier molecular flexibility index (Phi) is 3.84. The number of hydrogen-bond donors (Lipinski definition) is 0. The molecule has 1 amide bonds. The molecule has 1 aliphatic heterocycles. The van der Waals surface area contributed by atoms with E-state index >= 15 is 0 Å². The molecule has 1 heterocycles. The van der Waals surface area contributed by atoms with Gasteiger partial charge >= 0.3 is 6.09 Å². The molecule has 0 saturated carbocycles. The molecular formula is C13H23NO3. The van der Waals surface area contributed by atoms with Crippen molar-refractivity contribution in [2.24, 2.45) is 5.41 Å². The predicted molar refractivity (Wildman–Crippen MR) is 65.8 cm³/mol. The van der Waals surface area contributed by atoms with Crippen LogP contribution < -0.4 is 0 Å². The maximum atomic E-state index is 12.0. The van der Waals surface area contributed by atoms with E-state index in [2.05, 4.69) is 0 Å². The van der Waals surface area contributed by atoms with Gasteiger partial charge < -0.3 is 9.64 Å². The van der Waals surface area contributed by atoms with Crippen LogP contribution in [-0.4, -0.2) is 35.5 Å². The van der Waals surface area contributed by atoms with Gasteiger partial charge in [-0.05, 0) is 19.3 Å². The zero-order valence-corrected chi connectivity index (χ0v) is 11.5. The van der Waals surface area contributed by atoms with Gasteiger partial charge in [0.15, 0.2) is 0 Å². The van der Waals surface area contributed by atoms with Gasteiger partial charge in [-0.15, -0.1) is 0 Å². The Bertz CT molecular complexity index is 315. The highest BCUT2D eigenvalue weighted by molar-refractivity contribution is 5.83. The summed E-state index contributed by atoms with van der Waals surface area (Å²) in [5.41, 5.74) is -0.463. The van der Waals surface area contributed by atoms with Gasteiger partial charge in [0.2, 0.25) is 0 Å². The number of piperidine rings is 1. The lowest BCUT2D eigenvalue weighted by Crippen LogP contribution is -2.53. The van der Waals surface area contributed by atoms with Gasteiger partial charge in [0.1, 0.15) is 5.78 Å². The topological polar surface area (TPSA) is 46.6 Å². The molecule has 0 aromatic rings. The summed E-state index contributed by atoms with van der Waals surface area (Å²) in [5, 5.41) is 0. The minimum Gasteiger partial charge on any atom is -0.449 e. The third kappa shape index (κ3) is 4.02. The molecule has 98 valence electrons. The van der Waals surface area contributed by atoms with Gasteiger partial charge in [-0.1, -0.05) is 20.8 Å². The molecule has 0 unspecified atom stereocenters. The fraction of sp³-hybridized carbons (Fsp3) is 0.846. The highest BCUT2D eigenvalue weighted by atomic mass is 16.6. The van der Waals surface area contributed by atoms with Crippen molar-refractivity contribution in [1.82, 2.24) is 4.90 Å². The van der Waals surface area contributed by atoms with E-state index in [1.807, 2.05) is 34.6 Å². The second kappa shape index (κ2) is 4.67. The Hall–Kier alpha value is -1.06. The minimum atomic E-state index is -0.426. The number of ether oxygens (including phenoxy) is 1. The number of amides is 1. The molecule has 1 rings (SSSR count). The van der Waals surface area contributed by atoms with Crippen molar-refractivity contribution in [3.05, 3.63) is 0 Å². The second-order valence-corrected chi connectivity index (χ2v) is 6.54. The monoisotopic (exact) mass is 241 g/mol. The molecule has 0 spiro atoms. The number of ketones is 1. The number of rotatable bonds is 1. The van der Waals surface area contributed by atoms with Crippen molar-refractivity contribution in [1.29, 1.82) is 0 Å². The Morgan fingerprint density at radius 2 is 2.00 bits per heavy atom. The summed E-state index contributed by atoms with van der Waals surface area (Å²) < 4.78 is 5.29. The van der Waals surface area contributed by atoms with Gasteiger partial charge in [-0.25, -0.2) is 4.79 Å². The van der Waals surface area contributed by atoms with Gasteiger partial charge in [0.05, 0.1) is 6.61 Å². The first-order valence-corrected chi connectivity index (χ1v) is 6.08. The van der Waals surface area contributed by atoms with Crippen molar-refractivity contribution in [3.63, 3.8) is 0 Å². The molecular weight excluding hydrogens is 218 g/mol. The van der Waals surface area contributed by atoms with Gasteiger partial charge in [-0.3, -0.25) is 4.79 Å². The van der Waals surface area contributed by atoms with Crippen LogP contribution in [0.15, 0.2) is 0 Å². The highest BCUT2D eigenvalue weighted by Crippen LogP contribution is 2.26. The van der Waals surface area contributed by atoms with E-state index in [4.69, 9.17) is 4.74 Å². The summed E-state index contributed by atoms with van der Waals surface area (Å²) in [6.07, 6.45) is 0.545. The normalized spacial score (nSPS) is 20.3. The Labute approximate surface area is 103 Å². The fourth-order valence-electron chi connectivity index (χ4n) is 1.90. The van der Waals surface area contributed by atoms with E-state index in [9.17, 15) is 9.59 Å². The van der Waals surface area contributed by atoms with Crippen molar-refractivity contribution < 1.29 is 14.3 Å². The first kappa shape index (κ1) is 14.0. The predicted octanol–water partition coefficient (Wildman–Crippen LogP) is 2.61. The highest BCUT2D eigenvalue weighted by Gasteiger charge is 2.38. The molecule has 1 saturated heterocycles. The number of carbonyl (C=O) groups is 2. The summed E-state index contributed by atoms with van der Waals surface area (Å²) in [6, 6.07) is 0. The van der Waals surface area contributed by atoms with E-state index in [-0.39, 0.29) is 17.3 Å². The molecule has 17 heavy (non-hydrogen) atoms. The smallest absolute Gasteiger partial charge is 0.410 e. The van der Waals surface area contributed by atoms with E-state index < -0.39 is 5.54 Å². The van der Waals surface area contributed by atoms with Crippen LogP contribution in [0.5, 0.6) is 0 Å². The van der Waals surface area contributed by atoms with E-state index in [1.54, 1.807) is 4.90 Å². The van der Waals surface area contributed by atoms with Crippen molar-refractivity contribution in [2.75, 3.05) is 13.2 Å². The van der Waals surface area contributed by atoms with Gasteiger partial charge in [0, 0.05) is 24.9 Å². The Morgan fingerprint density at radius 1 is 1.41 bits per heavy atom. The van der Waals surface area contributed by atoms with Crippen molar-refractivity contribution in [2.45, 2.75) is 53.0 Å². The average molecular weight is 241 g/mol. The van der Waals surface area contributed by atoms with Gasteiger partial charge in [0.25, 0.3) is 0 Å². The SMILES string of the molecule is CC(C)(C)COC(=O)N1CCC(=O)CC1(C)C. The number of carbonyl (C=O) groups excluding carboxylic acids is 2. The fourth-order valence-corrected chi connectivity index (χ4v) is 1.90. The molecule has 0 aliphatic carbocycles. The molecule has 0 aromatic heterocycles. The first-order chi connectivity index (χ1) is 7.62. The lowest BCUT2D eigenvalue weighted by Gasteiger charge is -2.41. The maximum Gasteiger partial charge on any atom is 0.410 e. The van der Waals surface area contributed by atoms with Crippen molar-refractivity contribution >= 4 is 11.9 Å². The van der Waals surface area contributed by atoms with Crippen LogP contribution in [0, 0.1) is 5.41 Å². The van der Waals surface area contributed by atoms with Crippen LogP contribution >= 0.6 is 0 Å². The first-order valence-electron chi connectivity index (χ1n) is 6.08.